The summed E-state index contributed by atoms with van der Waals surface area (Å²) in [6, 6.07) is 12.8. The van der Waals surface area contributed by atoms with Crippen molar-refractivity contribution in [1.29, 1.82) is 0 Å². The van der Waals surface area contributed by atoms with E-state index >= 15 is 0 Å². The molecule has 0 saturated carbocycles. The number of aryl methyl sites for hydroxylation is 4. The summed E-state index contributed by atoms with van der Waals surface area (Å²) in [7, 11) is 0. The summed E-state index contributed by atoms with van der Waals surface area (Å²) in [5.74, 6) is 0. The lowest BCUT2D eigenvalue weighted by molar-refractivity contribution is 0.614. The van der Waals surface area contributed by atoms with E-state index in [1.54, 1.807) is 0 Å². The van der Waals surface area contributed by atoms with Gasteiger partial charge in [0, 0.05) is 12.2 Å². The molecule has 16 heavy (non-hydrogen) atoms. The molecular formula is C14H18N2. The Morgan fingerprint density at radius 2 is 1.88 bits per heavy atom. The molecule has 84 valence electrons. The molecule has 0 unspecified atom stereocenters. The monoisotopic (exact) mass is 214 g/mol. The van der Waals surface area contributed by atoms with Gasteiger partial charge in [-0.2, -0.15) is 5.10 Å². The maximum absolute atomic E-state index is 4.46. The zero-order chi connectivity index (χ0) is 11.4. The summed E-state index contributed by atoms with van der Waals surface area (Å²) in [5.41, 5.74) is 3.85. The molecule has 2 heteroatoms. The zero-order valence-corrected chi connectivity index (χ0v) is 9.98. The molecule has 0 atom stereocenters. The Bertz CT molecular complexity index is 443. The number of benzene rings is 1. The van der Waals surface area contributed by atoms with Crippen LogP contribution < -0.4 is 0 Å². The van der Waals surface area contributed by atoms with E-state index in [1.165, 1.54) is 11.3 Å². The van der Waals surface area contributed by atoms with Gasteiger partial charge >= 0.3 is 0 Å². The van der Waals surface area contributed by atoms with Gasteiger partial charge in [-0.3, -0.25) is 4.68 Å². The fourth-order valence-corrected chi connectivity index (χ4v) is 1.99. The number of aromatic nitrogens is 2. The molecule has 2 aromatic rings. The molecule has 1 aromatic carbocycles. The second-order valence-electron chi connectivity index (χ2n) is 4.08. The molecule has 2 rings (SSSR count). The highest BCUT2D eigenvalue weighted by molar-refractivity contribution is 5.17. The molecule has 0 fully saturated rings. The fourth-order valence-electron chi connectivity index (χ4n) is 1.99. The van der Waals surface area contributed by atoms with Gasteiger partial charge in [0.1, 0.15) is 0 Å². The fraction of sp³-hybridized carbons (Fsp3) is 0.357. The Morgan fingerprint density at radius 3 is 2.56 bits per heavy atom. The molecule has 0 bridgehead atoms. The molecule has 0 amide bonds. The van der Waals surface area contributed by atoms with E-state index in [0.717, 1.165) is 25.1 Å². The van der Waals surface area contributed by atoms with Crippen LogP contribution in [-0.4, -0.2) is 9.78 Å². The van der Waals surface area contributed by atoms with E-state index in [0.29, 0.717) is 0 Å². The topological polar surface area (TPSA) is 17.8 Å². The van der Waals surface area contributed by atoms with Gasteiger partial charge in [-0.25, -0.2) is 0 Å². The minimum Gasteiger partial charge on any atom is -0.270 e. The van der Waals surface area contributed by atoms with E-state index in [2.05, 4.69) is 60.0 Å². The predicted molar refractivity (Wildman–Crippen MR) is 66.5 cm³/mol. The lowest BCUT2D eigenvalue weighted by Crippen LogP contribution is -2.03. The van der Waals surface area contributed by atoms with Gasteiger partial charge < -0.3 is 0 Å². The van der Waals surface area contributed by atoms with E-state index in [-0.39, 0.29) is 0 Å². The number of rotatable bonds is 4. The maximum atomic E-state index is 4.46. The first kappa shape index (κ1) is 10.9. The summed E-state index contributed by atoms with van der Waals surface area (Å²) in [6.45, 7) is 5.15. The van der Waals surface area contributed by atoms with Crippen LogP contribution >= 0.6 is 0 Å². The lowest BCUT2D eigenvalue weighted by atomic mass is 10.1. The Balaban J connectivity index is 2.04. The minimum absolute atomic E-state index is 0.956. The van der Waals surface area contributed by atoms with E-state index in [1.807, 2.05) is 0 Å². The van der Waals surface area contributed by atoms with Gasteiger partial charge in [-0.05, 0) is 38.3 Å². The molecule has 0 saturated heterocycles. The molecule has 1 heterocycles. The Hall–Kier alpha value is -1.57. The molecular weight excluding hydrogens is 196 g/mol. The molecule has 0 aliphatic carbocycles. The molecule has 0 spiro atoms. The van der Waals surface area contributed by atoms with E-state index < -0.39 is 0 Å². The number of hydrogen-bond donors (Lipinski definition) is 0. The smallest absolute Gasteiger partial charge is 0.0596 e. The van der Waals surface area contributed by atoms with E-state index in [4.69, 9.17) is 0 Å². The van der Waals surface area contributed by atoms with Crippen LogP contribution in [0.3, 0.4) is 0 Å². The first-order valence-corrected chi connectivity index (χ1v) is 5.87. The molecule has 0 radical (unpaired) electrons. The van der Waals surface area contributed by atoms with Crippen molar-refractivity contribution in [3.8, 4) is 0 Å². The quantitative estimate of drug-likeness (QED) is 0.765. The van der Waals surface area contributed by atoms with Crippen molar-refractivity contribution >= 4 is 0 Å². The minimum atomic E-state index is 0.956. The Kier molecular flexibility index (Phi) is 3.40. The second kappa shape index (κ2) is 4.97. The highest BCUT2D eigenvalue weighted by Gasteiger charge is 2.03. The van der Waals surface area contributed by atoms with Crippen molar-refractivity contribution in [3.63, 3.8) is 0 Å². The van der Waals surface area contributed by atoms with Gasteiger partial charge in [0.15, 0.2) is 0 Å². The van der Waals surface area contributed by atoms with Gasteiger partial charge in [-0.15, -0.1) is 0 Å². The Morgan fingerprint density at radius 1 is 1.12 bits per heavy atom. The Labute approximate surface area is 96.9 Å². The van der Waals surface area contributed by atoms with Crippen molar-refractivity contribution in [2.45, 2.75) is 33.2 Å². The molecule has 0 aliphatic rings. The molecule has 2 nitrogen and oxygen atoms in total. The van der Waals surface area contributed by atoms with Crippen LogP contribution in [0.15, 0.2) is 36.4 Å². The third-order valence-electron chi connectivity index (χ3n) is 2.80. The van der Waals surface area contributed by atoms with Crippen molar-refractivity contribution in [2.75, 3.05) is 0 Å². The van der Waals surface area contributed by atoms with Gasteiger partial charge in [0.2, 0.25) is 0 Å². The summed E-state index contributed by atoms with van der Waals surface area (Å²) in [6.07, 6.45) is 2.16. The third-order valence-corrected chi connectivity index (χ3v) is 2.80. The molecule has 0 N–H and O–H groups in total. The van der Waals surface area contributed by atoms with Crippen LogP contribution in [0.4, 0.5) is 0 Å². The van der Waals surface area contributed by atoms with Crippen LogP contribution in [0.25, 0.3) is 0 Å². The highest BCUT2D eigenvalue weighted by atomic mass is 15.3. The van der Waals surface area contributed by atoms with Crippen molar-refractivity contribution < 1.29 is 0 Å². The van der Waals surface area contributed by atoms with E-state index in [9.17, 15) is 0 Å². The van der Waals surface area contributed by atoms with Crippen LogP contribution in [0.2, 0.25) is 0 Å². The normalized spacial score (nSPS) is 10.6. The molecule has 1 aromatic heterocycles. The first-order chi connectivity index (χ1) is 7.79. The summed E-state index contributed by atoms with van der Waals surface area (Å²) in [4.78, 5) is 0. The lowest BCUT2D eigenvalue weighted by Gasteiger charge is -2.04. The summed E-state index contributed by atoms with van der Waals surface area (Å²) in [5, 5.41) is 4.46. The zero-order valence-electron chi connectivity index (χ0n) is 9.98. The second-order valence-corrected chi connectivity index (χ2v) is 4.08. The summed E-state index contributed by atoms with van der Waals surface area (Å²) < 4.78 is 2.10. The van der Waals surface area contributed by atoms with Gasteiger partial charge in [-0.1, -0.05) is 30.3 Å². The van der Waals surface area contributed by atoms with Crippen molar-refractivity contribution in [1.82, 2.24) is 9.78 Å². The van der Waals surface area contributed by atoms with Crippen molar-refractivity contribution in [2.24, 2.45) is 0 Å². The van der Waals surface area contributed by atoms with Gasteiger partial charge in [0.05, 0.1) is 5.69 Å². The maximum Gasteiger partial charge on any atom is 0.0596 e. The summed E-state index contributed by atoms with van der Waals surface area (Å²) >= 11 is 0. The SMILES string of the molecule is CCn1nc(C)cc1CCc1ccccc1. The van der Waals surface area contributed by atoms with Crippen molar-refractivity contribution in [3.05, 3.63) is 53.3 Å². The largest absolute Gasteiger partial charge is 0.270 e. The van der Waals surface area contributed by atoms with Crippen LogP contribution in [0.1, 0.15) is 23.9 Å². The van der Waals surface area contributed by atoms with Crippen LogP contribution in [-0.2, 0) is 19.4 Å². The number of nitrogens with zero attached hydrogens (tertiary/aromatic N) is 2. The average molecular weight is 214 g/mol. The van der Waals surface area contributed by atoms with Gasteiger partial charge in [0.25, 0.3) is 0 Å². The predicted octanol–water partition coefficient (Wildman–Crippen LogP) is 3.00. The highest BCUT2D eigenvalue weighted by Crippen LogP contribution is 2.09. The average Bonchev–Trinajstić information content (AvgIpc) is 2.68. The standard InChI is InChI=1S/C14H18N2/c1-3-16-14(11-12(2)15-16)10-9-13-7-5-4-6-8-13/h4-8,11H,3,9-10H2,1-2H3. The van der Waals surface area contributed by atoms with Crippen LogP contribution in [0.5, 0.6) is 0 Å². The van der Waals surface area contributed by atoms with Crippen LogP contribution in [0, 0.1) is 6.92 Å². The number of hydrogen-bond acceptors (Lipinski definition) is 1. The third kappa shape index (κ3) is 2.51. The molecule has 0 aliphatic heterocycles. The first-order valence-electron chi connectivity index (χ1n) is 5.87.